The van der Waals surface area contributed by atoms with E-state index in [0.717, 1.165) is 12.1 Å². The third-order valence-electron chi connectivity index (χ3n) is 3.53. The zero-order valence-electron chi connectivity index (χ0n) is 10.2. The Hall–Kier alpha value is -1.02. The lowest BCUT2D eigenvalue weighted by Crippen LogP contribution is -2.32. The predicted octanol–water partition coefficient (Wildman–Crippen LogP) is 2.75. The number of aliphatic hydroxyl groups is 1. The zero-order valence-corrected chi connectivity index (χ0v) is 10.2. The molecule has 0 saturated heterocycles. The highest BCUT2D eigenvalue weighted by molar-refractivity contribution is 5.50. The summed E-state index contributed by atoms with van der Waals surface area (Å²) in [5.41, 5.74) is 3.49. The van der Waals surface area contributed by atoms with Crippen LogP contribution in [0.2, 0.25) is 0 Å². The minimum Gasteiger partial charge on any atom is -0.388 e. The maximum Gasteiger partial charge on any atom is 0.0788 e. The summed E-state index contributed by atoms with van der Waals surface area (Å²) >= 11 is 0. The maximum atomic E-state index is 9.92. The monoisotopic (exact) mass is 219 g/mol. The van der Waals surface area contributed by atoms with Crippen molar-refractivity contribution in [1.29, 1.82) is 0 Å². The molecule has 88 valence electrons. The van der Waals surface area contributed by atoms with E-state index in [2.05, 4.69) is 23.5 Å². The number of benzene rings is 1. The highest BCUT2D eigenvalue weighted by Gasteiger charge is 2.17. The van der Waals surface area contributed by atoms with Gasteiger partial charge >= 0.3 is 0 Å². The van der Waals surface area contributed by atoms with Crippen LogP contribution in [0.5, 0.6) is 0 Å². The number of fused-ring (bicyclic) bond motifs is 1. The van der Waals surface area contributed by atoms with Crippen molar-refractivity contribution in [2.24, 2.45) is 0 Å². The van der Waals surface area contributed by atoms with Crippen molar-refractivity contribution < 1.29 is 5.11 Å². The molecule has 0 radical (unpaired) electrons. The van der Waals surface area contributed by atoms with Crippen LogP contribution in [-0.2, 0) is 12.8 Å². The van der Waals surface area contributed by atoms with Gasteiger partial charge in [0.25, 0.3) is 0 Å². The average Bonchev–Trinajstić information content (AvgIpc) is 2.73. The first kappa shape index (κ1) is 11.5. The summed E-state index contributed by atoms with van der Waals surface area (Å²) in [5.74, 6) is 0. The first-order chi connectivity index (χ1) is 7.61. The smallest absolute Gasteiger partial charge is 0.0788 e. The van der Waals surface area contributed by atoms with Gasteiger partial charge in [-0.15, -0.1) is 0 Å². The van der Waals surface area contributed by atoms with Crippen molar-refractivity contribution in [2.75, 3.05) is 11.9 Å². The standard InChI is InChI=1S/C14H21NO/c1-3-14(2,16)10-15-13-8-7-11-5-4-6-12(11)9-13/h7-9,15-16H,3-6,10H2,1-2H3. The second kappa shape index (κ2) is 4.46. The minimum absolute atomic E-state index is 0.612. The van der Waals surface area contributed by atoms with Gasteiger partial charge in [0.05, 0.1) is 5.60 Å². The summed E-state index contributed by atoms with van der Waals surface area (Å²) in [6, 6.07) is 6.56. The van der Waals surface area contributed by atoms with Crippen LogP contribution in [-0.4, -0.2) is 17.3 Å². The molecule has 2 rings (SSSR count). The van der Waals surface area contributed by atoms with E-state index in [1.54, 1.807) is 0 Å². The minimum atomic E-state index is -0.612. The number of nitrogens with one attached hydrogen (secondary N) is 1. The van der Waals surface area contributed by atoms with Gasteiger partial charge in [0, 0.05) is 12.2 Å². The van der Waals surface area contributed by atoms with Crippen molar-refractivity contribution in [2.45, 2.75) is 45.1 Å². The number of hydrogen-bond donors (Lipinski definition) is 2. The Kier molecular flexibility index (Phi) is 3.20. The van der Waals surface area contributed by atoms with Crippen LogP contribution >= 0.6 is 0 Å². The summed E-state index contributed by atoms with van der Waals surface area (Å²) in [6.45, 7) is 4.49. The van der Waals surface area contributed by atoms with Crippen LogP contribution in [0.25, 0.3) is 0 Å². The van der Waals surface area contributed by atoms with Gasteiger partial charge in [-0.05, 0) is 55.9 Å². The predicted molar refractivity (Wildman–Crippen MR) is 67.9 cm³/mol. The molecule has 1 atom stereocenters. The van der Waals surface area contributed by atoms with Crippen LogP contribution in [0.4, 0.5) is 5.69 Å². The summed E-state index contributed by atoms with van der Waals surface area (Å²) in [5, 5.41) is 13.2. The molecule has 2 N–H and O–H groups in total. The molecular formula is C14H21NO. The fraction of sp³-hybridized carbons (Fsp3) is 0.571. The summed E-state index contributed by atoms with van der Waals surface area (Å²) in [4.78, 5) is 0. The largest absolute Gasteiger partial charge is 0.388 e. The van der Waals surface area contributed by atoms with E-state index in [1.165, 1.54) is 30.4 Å². The van der Waals surface area contributed by atoms with Gasteiger partial charge in [-0.3, -0.25) is 0 Å². The van der Waals surface area contributed by atoms with Crippen LogP contribution < -0.4 is 5.32 Å². The van der Waals surface area contributed by atoms with E-state index in [1.807, 2.05) is 13.8 Å². The molecule has 0 heterocycles. The highest BCUT2D eigenvalue weighted by atomic mass is 16.3. The first-order valence-corrected chi connectivity index (χ1v) is 6.19. The molecule has 0 fully saturated rings. The van der Waals surface area contributed by atoms with E-state index in [4.69, 9.17) is 0 Å². The van der Waals surface area contributed by atoms with Gasteiger partial charge in [-0.2, -0.15) is 0 Å². The second-order valence-electron chi connectivity index (χ2n) is 5.04. The van der Waals surface area contributed by atoms with Gasteiger partial charge in [0.1, 0.15) is 0 Å². The molecule has 1 aliphatic rings. The number of rotatable bonds is 4. The number of aryl methyl sites for hydroxylation is 2. The normalized spacial score (nSPS) is 17.9. The Morgan fingerprint density at radius 2 is 2.06 bits per heavy atom. The van der Waals surface area contributed by atoms with Gasteiger partial charge in [0.2, 0.25) is 0 Å². The maximum absolute atomic E-state index is 9.92. The third-order valence-corrected chi connectivity index (χ3v) is 3.53. The van der Waals surface area contributed by atoms with Gasteiger partial charge in [0.15, 0.2) is 0 Å². The zero-order chi connectivity index (χ0) is 11.6. The van der Waals surface area contributed by atoms with Crippen LogP contribution in [0.3, 0.4) is 0 Å². The van der Waals surface area contributed by atoms with E-state index >= 15 is 0 Å². The fourth-order valence-electron chi connectivity index (χ4n) is 2.10. The Balaban J connectivity index is 2.00. The lowest BCUT2D eigenvalue weighted by Gasteiger charge is -2.22. The van der Waals surface area contributed by atoms with Gasteiger partial charge < -0.3 is 10.4 Å². The second-order valence-corrected chi connectivity index (χ2v) is 5.04. The summed E-state index contributed by atoms with van der Waals surface area (Å²) in [7, 11) is 0. The molecule has 0 aromatic heterocycles. The molecule has 0 aliphatic heterocycles. The molecule has 1 aromatic rings. The van der Waals surface area contributed by atoms with E-state index in [9.17, 15) is 5.11 Å². The van der Waals surface area contributed by atoms with Gasteiger partial charge in [-0.1, -0.05) is 13.0 Å². The van der Waals surface area contributed by atoms with Crippen LogP contribution in [0, 0.1) is 0 Å². The Morgan fingerprint density at radius 3 is 2.81 bits per heavy atom. The molecule has 1 unspecified atom stereocenters. The molecule has 0 amide bonds. The van der Waals surface area contributed by atoms with Crippen molar-refractivity contribution in [3.63, 3.8) is 0 Å². The Bertz CT molecular complexity index is 371. The number of hydrogen-bond acceptors (Lipinski definition) is 2. The first-order valence-electron chi connectivity index (χ1n) is 6.19. The molecule has 16 heavy (non-hydrogen) atoms. The summed E-state index contributed by atoms with van der Waals surface area (Å²) < 4.78 is 0. The SMILES string of the molecule is CCC(C)(O)CNc1ccc2c(c1)CCC2. The molecule has 0 spiro atoms. The fourth-order valence-corrected chi connectivity index (χ4v) is 2.10. The topological polar surface area (TPSA) is 32.3 Å². The van der Waals surface area contributed by atoms with Crippen molar-refractivity contribution in [1.82, 2.24) is 0 Å². The molecule has 2 heteroatoms. The van der Waals surface area contributed by atoms with E-state index in [0.29, 0.717) is 6.54 Å². The van der Waals surface area contributed by atoms with Crippen LogP contribution in [0.1, 0.15) is 37.8 Å². The average molecular weight is 219 g/mol. The molecule has 0 bridgehead atoms. The lowest BCUT2D eigenvalue weighted by atomic mass is 10.0. The third kappa shape index (κ3) is 2.56. The van der Waals surface area contributed by atoms with E-state index < -0.39 is 5.60 Å². The summed E-state index contributed by atoms with van der Waals surface area (Å²) in [6.07, 6.45) is 4.48. The molecule has 2 nitrogen and oxygen atoms in total. The molecule has 1 aromatic carbocycles. The molecule has 1 aliphatic carbocycles. The molecular weight excluding hydrogens is 198 g/mol. The van der Waals surface area contributed by atoms with Crippen LogP contribution in [0.15, 0.2) is 18.2 Å². The van der Waals surface area contributed by atoms with E-state index in [-0.39, 0.29) is 0 Å². The Morgan fingerprint density at radius 1 is 1.31 bits per heavy atom. The lowest BCUT2D eigenvalue weighted by molar-refractivity contribution is 0.0697. The quantitative estimate of drug-likeness (QED) is 0.816. The highest BCUT2D eigenvalue weighted by Crippen LogP contribution is 2.25. The van der Waals surface area contributed by atoms with Crippen molar-refractivity contribution in [3.05, 3.63) is 29.3 Å². The van der Waals surface area contributed by atoms with Gasteiger partial charge in [-0.25, -0.2) is 0 Å². The molecule has 0 saturated carbocycles. The van der Waals surface area contributed by atoms with Crippen molar-refractivity contribution >= 4 is 5.69 Å². The Labute approximate surface area is 97.7 Å². The van der Waals surface area contributed by atoms with Crippen molar-refractivity contribution in [3.8, 4) is 0 Å². The number of anilines is 1.